The third-order valence-electron chi connectivity index (χ3n) is 4.41. The van der Waals surface area contributed by atoms with E-state index in [0.29, 0.717) is 13.2 Å². The number of hydrogen-bond donors (Lipinski definition) is 0. The summed E-state index contributed by atoms with van der Waals surface area (Å²) >= 11 is 0. The Hall–Kier alpha value is -1.82. The minimum atomic E-state index is -3.89. The van der Waals surface area contributed by atoms with Gasteiger partial charge in [0.1, 0.15) is 0 Å². The molecule has 2 aromatic carbocycles. The first-order valence-electron chi connectivity index (χ1n) is 10.3. The standard InChI is InChI=1S/C22H30O8S2/c1-3-27-14-4-5-20-8-12-22(13-9-20)32(25,26)30-18-16-28-15-17-29-31(23,24)21-10-6-19(2)7-11-21/h6-13H,3-5,14-18H2,1-2H3. The van der Waals surface area contributed by atoms with E-state index < -0.39 is 20.2 Å². The number of hydrogen-bond acceptors (Lipinski definition) is 8. The maximum absolute atomic E-state index is 12.2. The Kier molecular flexibility index (Phi) is 10.8. The van der Waals surface area contributed by atoms with Gasteiger partial charge in [0.25, 0.3) is 20.2 Å². The van der Waals surface area contributed by atoms with Crippen molar-refractivity contribution in [3.8, 4) is 0 Å². The average Bonchev–Trinajstić information content (AvgIpc) is 2.76. The molecule has 0 heterocycles. The Balaban J connectivity index is 1.67. The number of ether oxygens (including phenoxy) is 2. The predicted molar refractivity (Wildman–Crippen MR) is 120 cm³/mol. The van der Waals surface area contributed by atoms with Crippen molar-refractivity contribution >= 4 is 20.2 Å². The van der Waals surface area contributed by atoms with Gasteiger partial charge in [0.2, 0.25) is 0 Å². The second-order valence-electron chi connectivity index (χ2n) is 6.92. The number of benzene rings is 2. The van der Waals surface area contributed by atoms with Gasteiger partial charge in [-0.2, -0.15) is 16.8 Å². The van der Waals surface area contributed by atoms with E-state index in [4.69, 9.17) is 17.8 Å². The molecule has 2 rings (SSSR count). The van der Waals surface area contributed by atoms with Crippen molar-refractivity contribution in [1.29, 1.82) is 0 Å². The largest absolute Gasteiger partial charge is 0.382 e. The summed E-state index contributed by atoms with van der Waals surface area (Å²) in [4.78, 5) is 0.136. The Morgan fingerprint density at radius 2 is 1.16 bits per heavy atom. The minimum Gasteiger partial charge on any atom is -0.382 e. The van der Waals surface area contributed by atoms with Crippen LogP contribution in [0.2, 0.25) is 0 Å². The van der Waals surface area contributed by atoms with Gasteiger partial charge in [0, 0.05) is 13.2 Å². The molecule has 0 radical (unpaired) electrons. The van der Waals surface area contributed by atoms with Crippen molar-refractivity contribution in [2.24, 2.45) is 0 Å². The molecule has 32 heavy (non-hydrogen) atoms. The zero-order valence-electron chi connectivity index (χ0n) is 18.4. The van der Waals surface area contributed by atoms with Crippen LogP contribution in [-0.2, 0) is 44.5 Å². The van der Waals surface area contributed by atoms with Gasteiger partial charge in [-0.3, -0.25) is 8.37 Å². The van der Waals surface area contributed by atoms with Crippen LogP contribution >= 0.6 is 0 Å². The van der Waals surface area contributed by atoms with Crippen molar-refractivity contribution in [2.45, 2.75) is 36.5 Å². The van der Waals surface area contributed by atoms with Crippen LogP contribution in [0.4, 0.5) is 0 Å². The topological polar surface area (TPSA) is 105 Å². The summed E-state index contributed by atoms with van der Waals surface area (Å²) < 4.78 is 68.9. The van der Waals surface area contributed by atoms with Crippen molar-refractivity contribution in [3.05, 3.63) is 59.7 Å². The van der Waals surface area contributed by atoms with Gasteiger partial charge in [0.05, 0.1) is 36.2 Å². The van der Waals surface area contributed by atoms with Crippen LogP contribution in [0, 0.1) is 6.92 Å². The quantitative estimate of drug-likeness (QED) is 0.279. The summed E-state index contributed by atoms with van der Waals surface area (Å²) in [5.74, 6) is 0. The minimum absolute atomic E-state index is 0.0229. The molecule has 0 bridgehead atoms. The highest BCUT2D eigenvalue weighted by molar-refractivity contribution is 7.87. The van der Waals surface area contributed by atoms with Crippen molar-refractivity contribution in [1.82, 2.24) is 0 Å². The predicted octanol–water partition coefficient (Wildman–Crippen LogP) is 3.09. The molecule has 0 saturated carbocycles. The fourth-order valence-corrected chi connectivity index (χ4v) is 4.48. The molecule has 0 atom stereocenters. The molecular formula is C22H30O8S2. The van der Waals surface area contributed by atoms with Crippen LogP contribution in [0.25, 0.3) is 0 Å². The van der Waals surface area contributed by atoms with E-state index >= 15 is 0 Å². The maximum atomic E-state index is 12.2. The lowest BCUT2D eigenvalue weighted by Gasteiger charge is -2.08. The fraction of sp³-hybridized carbons (Fsp3) is 0.455. The van der Waals surface area contributed by atoms with Gasteiger partial charge in [0.15, 0.2) is 0 Å². The first kappa shape index (κ1) is 26.4. The third-order valence-corrected chi connectivity index (χ3v) is 7.07. The molecule has 0 aliphatic rings. The number of aryl methyl sites for hydroxylation is 2. The monoisotopic (exact) mass is 486 g/mol. The Labute approximate surface area is 190 Å². The zero-order chi connectivity index (χ0) is 23.5. The smallest absolute Gasteiger partial charge is 0.297 e. The molecule has 0 aromatic heterocycles. The summed E-state index contributed by atoms with van der Waals surface area (Å²) in [6.45, 7) is 4.72. The molecule has 0 saturated heterocycles. The van der Waals surface area contributed by atoms with E-state index in [2.05, 4.69) is 0 Å². The first-order valence-corrected chi connectivity index (χ1v) is 13.2. The van der Waals surface area contributed by atoms with Crippen LogP contribution in [0.5, 0.6) is 0 Å². The van der Waals surface area contributed by atoms with Crippen molar-refractivity contribution < 1.29 is 34.7 Å². The Bertz CT molecular complexity index is 1010. The van der Waals surface area contributed by atoms with E-state index in [-0.39, 0.29) is 36.2 Å². The third kappa shape index (κ3) is 8.97. The summed E-state index contributed by atoms with van der Waals surface area (Å²) in [5, 5.41) is 0. The molecule has 10 heteroatoms. The second kappa shape index (κ2) is 13.0. The van der Waals surface area contributed by atoms with Crippen LogP contribution in [0.1, 0.15) is 24.5 Å². The highest BCUT2D eigenvalue weighted by atomic mass is 32.2. The lowest BCUT2D eigenvalue weighted by Crippen LogP contribution is -2.15. The van der Waals surface area contributed by atoms with E-state index in [1.54, 1.807) is 24.3 Å². The van der Waals surface area contributed by atoms with Crippen LogP contribution in [0.3, 0.4) is 0 Å². The highest BCUT2D eigenvalue weighted by Crippen LogP contribution is 2.15. The molecule has 0 fully saturated rings. The van der Waals surface area contributed by atoms with E-state index in [9.17, 15) is 16.8 Å². The fourth-order valence-electron chi connectivity index (χ4n) is 2.69. The highest BCUT2D eigenvalue weighted by Gasteiger charge is 2.16. The van der Waals surface area contributed by atoms with Crippen LogP contribution in [0.15, 0.2) is 58.3 Å². The SMILES string of the molecule is CCOCCCc1ccc(S(=O)(=O)OCCOCCOS(=O)(=O)c2ccc(C)cc2)cc1. The lowest BCUT2D eigenvalue weighted by molar-refractivity contribution is 0.0794. The van der Waals surface area contributed by atoms with Gasteiger partial charge >= 0.3 is 0 Å². The second-order valence-corrected chi connectivity index (χ2v) is 10.2. The molecule has 0 N–H and O–H groups in total. The number of rotatable bonds is 15. The molecule has 0 spiro atoms. The van der Waals surface area contributed by atoms with Crippen molar-refractivity contribution in [3.63, 3.8) is 0 Å². The molecule has 0 aliphatic heterocycles. The molecule has 8 nitrogen and oxygen atoms in total. The van der Waals surface area contributed by atoms with E-state index in [1.807, 2.05) is 13.8 Å². The summed E-state index contributed by atoms with van der Waals surface area (Å²) in [6.07, 6.45) is 1.67. The summed E-state index contributed by atoms with van der Waals surface area (Å²) in [7, 11) is -7.75. The van der Waals surface area contributed by atoms with Gasteiger partial charge in [-0.05, 0) is 56.5 Å². The average molecular weight is 487 g/mol. The lowest BCUT2D eigenvalue weighted by atomic mass is 10.1. The maximum Gasteiger partial charge on any atom is 0.297 e. The molecule has 0 unspecified atom stereocenters. The van der Waals surface area contributed by atoms with E-state index in [1.165, 1.54) is 24.3 Å². The Morgan fingerprint density at radius 3 is 1.66 bits per heavy atom. The molecule has 0 aliphatic carbocycles. The normalized spacial score (nSPS) is 12.2. The van der Waals surface area contributed by atoms with Gasteiger partial charge in [-0.15, -0.1) is 0 Å². The molecular weight excluding hydrogens is 456 g/mol. The molecule has 0 amide bonds. The van der Waals surface area contributed by atoms with Gasteiger partial charge in [-0.1, -0.05) is 29.8 Å². The Morgan fingerprint density at radius 1 is 0.656 bits per heavy atom. The van der Waals surface area contributed by atoms with Crippen LogP contribution < -0.4 is 0 Å². The summed E-state index contributed by atoms with van der Waals surface area (Å²) in [5.41, 5.74) is 1.96. The molecule has 2 aromatic rings. The molecule has 178 valence electrons. The summed E-state index contributed by atoms with van der Waals surface area (Å²) in [6, 6.07) is 12.8. The zero-order valence-corrected chi connectivity index (χ0v) is 20.0. The van der Waals surface area contributed by atoms with Crippen molar-refractivity contribution in [2.75, 3.05) is 39.6 Å². The van der Waals surface area contributed by atoms with Gasteiger partial charge in [-0.25, -0.2) is 0 Å². The van der Waals surface area contributed by atoms with Gasteiger partial charge < -0.3 is 9.47 Å². The first-order chi connectivity index (χ1) is 15.2. The van der Waals surface area contributed by atoms with Crippen LogP contribution in [-0.4, -0.2) is 56.5 Å². The van der Waals surface area contributed by atoms with E-state index in [0.717, 1.165) is 24.0 Å².